The molecular weight excluding hydrogens is 460 g/mol. The van der Waals surface area contributed by atoms with Crippen molar-refractivity contribution in [2.45, 2.75) is 44.1 Å². The molecule has 2 aliphatic rings. The first-order valence-electron chi connectivity index (χ1n) is 12.0. The minimum atomic E-state index is -0.964. The first-order valence-corrected chi connectivity index (χ1v) is 12.8. The van der Waals surface area contributed by atoms with E-state index in [1.54, 1.807) is 24.3 Å². The molecule has 1 aliphatic carbocycles. The third-order valence-electron chi connectivity index (χ3n) is 6.74. The molecule has 0 spiro atoms. The first-order chi connectivity index (χ1) is 17.0. The summed E-state index contributed by atoms with van der Waals surface area (Å²) in [5.41, 5.74) is 1.81. The summed E-state index contributed by atoms with van der Waals surface area (Å²) in [7, 11) is 0. The lowest BCUT2D eigenvalue weighted by Gasteiger charge is -2.39. The second-order valence-corrected chi connectivity index (χ2v) is 10.2. The van der Waals surface area contributed by atoms with Crippen LogP contribution in [0.2, 0.25) is 0 Å². The Morgan fingerprint density at radius 2 is 1.80 bits per heavy atom. The van der Waals surface area contributed by atoms with Gasteiger partial charge in [-0.3, -0.25) is 4.79 Å². The van der Waals surface area contributed by atoms with E-state index in [2.05, 4.69) is 12.2 Å². The lowest BCUT2D eigenvalue weighted by Crippen LogP contribution is -2.48. The molecule has 180 valence electrons. The lowest BCUT2D eigenvalue weighted by atomic mass is 9.85. The van der Waals surface area contributed by atoms with Crippen molar-refractivity contribution < 1.29 is 19.1 Å². The van der Waals surface area contributed by atoms with Gasteiger partial charge in [-0.1, -0.05) is 61.9 Å². The van der Waals surface area contributed by atoms with E-state index in [9.17, 15) is 9.59 Å². The number of para-hydroxylation sites is 1. The van der Waals surface area contributed by atoms with Crippen LogP contribution in [0.4, 0.5) is 5.69 Å². The predicted octanol–water partition coefficient (Wildman–Crippen LogP) is 6.54. The molecule has 0 bridgehead atoms. The molecule has 1 aliphatic heterocycles. The summed E-state index contributed by atoms with van der Waals surface area (Å²) in [6.07, 6.45) is 6.33. The highest BCUT2D eigenvalue weighted by atomic mass is 32.2. The molecule has 1 saturated heterocycles. The van der Waals surface area contributed by atoms with Crippen LogP contribution in [0.5, 0.6) is 0 Å². The molecule has 2 heterocycles. The van der Waals surface area contributed by atoms with Crippen molar-refractivity contribution in [2.75, 3.05) is 5.32 Å². The molecule has 1 saturated carbocycles. The summed E-state index contributed by atoms with van der Waals surface area (Å²) in [4.78, 5) is 27.4. The number of carbonyl (C=O) groups is 2. The SMILES string of the molecule is C[C@@H]1CCCC[C@@H]1N1C(=O)/C(=C/c2ccc(-c3ccc(C(=O)O)cc3)o2)SC1Nc1ccccc1. The molecule has 1 amide bonds. The molecule has 5 rings (SSSR count). The van der Waals surface area contributed by atoms with E-state index in [1.165, 1.54) is 18.2 Å². The molecule has 3 atom stereocenters. The molecule has 3 aromatic rings. The van der Waals surface area contributed by atoms with Gasteiger partial charge in [-0.25, -0.2) is 4.79 Å². The van der Waals surface area contributed by atoms with Crippen LogP contribution >= 0.6 is 11.8 Å². The molecule has 2 N–H and O–H groups in total. The Morgan fingerprint density at radius 1 is 1.06 bits per heavy atom. The lowest BCUT2D eigenvalue weighted by molar-refractivity contribution is -0.129. The standard InChI is InChI=1S/C28H28N2O4S/c1-18-7-5-6-10-23(18)30-26(31)25(35-28(30)29-21-8-3-2-4-9-21)17-22-15-16-24(34-22)19-11-13-20(14-12-19)27(32)33/h2-4,8-9,11-18,23,28-29H,5-7,10H2,1H3,(H,32,33)/b25-17-/t18-,23+,28?/m1/s1. The number of hydrogen-bond donors (Lipinski definition) is 2. The second kappa shape index (κ2) is 10.0. The number of benzene rings is 2. The van der Waals surface area contributed by atoms with Crippen LogP contribution < -0.4 is 5.32 Å². The number of carbonyl (C=O) groups excluding carboxylic acids is 1. The Kier molecular flexibility index (Phi) is 6.68. The van der Waals surface area contributed by atoms with E-state index in [4.69, 9.17) is 9.52 Å². The normalized spacial score (nSPS) is 23.6. The average molecular weight is 489 g/mol. The number of thioether (sulfide) groups is 1. The summed E-state index contributed by atoms with van der Waals surface area (Å²) in [6, 6.07) is 20.4. The van der Waals surface area contributed by atoms with E-state index in [1.807, 2.05) is 53.4 Å². The van der Waals surface area contributed by atoms with Gasteiger partial charge in [-0.2, -0.15) is 0 Å². The zero-order valence-electron chi connectivity index (χ0n) is 19.5. The van der Waals surface area contributed by atoms with E-state index < -0.39 is 5.97 Å². The van der Waals surface area contributed by atoms with Gasteiger partial charge in [0.05, 0.1) is 10.5 Å². The van der Waals surface area contributed by atoms with Gasteiger partial charge in [-0.05, 0) is 55.2 Å². The number of nitrogens with zero attached hydrogens (tertiary/aromatic N) is 1. The van der Waals surface area contributed by atoms with Gasteiger partial charge < -0.3 is 19.7 Å². The van der Waals surface area contributed by atoms with Gasteiger partial charge >= 0.3 is 5.97 Å². The zero-order valence-corrected chi connectivity index (χ0v) is 20.3. The third-order valence-corrected chi connectivity index (χ3v) is 7.86. The number of amides is 1. The van der Waals surface area contributed by atoms with Crippen LogP contribution in [0.3, 0.4) is 0 Å². The van der Waals surface area contributed by atoms with Crippen molar-refractivity contribution in [3.8, 4) is 11.3 Å². The largest absolute Gasteiger partial charge is 0.478 e. The molecular formula is C28H28N2O4S. The van der Waals surface area contributed by atoms with E-state index in [-0.39, 0.29) is 23.0 Å². The van der Waals surface area contributed by atoms with Crippen molar-refractivity contribution in [1.82, 2.24) is 4.90 Å². The highest BCUT2D eigenvalue weighted by Crippen LogP contribution is 2.42. The molecule has 2 fully saturated rings. The fourth-order valence-electron chi connectivity index (χ4n) is 4.86. The maximum atomic E-state index is 13.6. The summed E-state index contributed by atoms with van der Waals surface area (Å²) in [6.45, 7) is 2.25. The maximum absolute atomic E-state index is 13.6. The second-order valence-electron chi connectivity index (χ2n) is 9.12. The fourth-order valence-corrected chi connectivity index (χ4v) is 6.05. The van der Waals surface area contributed by atoms with Crippen LogP contribution in [-0.2, 0) is 4.79 Å². The van der Waals surface area contributed by atoms with Crippen molar-refractivity contribution in [1.29, 1.82) is 0 Å². The minimum Gasteiger partial charge on any atom is -0.478 e. The van der Waals surface area contributed by atoms with Gasteiger partial charge in [0.1, 0.15) is 11.5 Å². The van der Waals surface area contributed by atoms with Gasteiger partial charge in [0.15, 0.2) is 5.50 Å². The van der Waals surface area contributed by atoms with E-state index in [0.29, 0.717) is 22.3 Å². The van der Waals surface area contributed by atoms with Crippen molar-refractivity contribution in [2.24, 2.45) is 5.92 Å². The van der Waals surface area contributed by atoms with Crippen molar-refractivity contribution >= 4 is 35.4 Å². The van der Waals surface area contributed by atoms with Crippen LogP contribution in [0.25, 0.3) is 17.4 Å². The van der Waals surface area contributed by atoms with Crippen LogP contribution in [0.15, 0.2) is 76.1 Å². The van der Waals surface area contributed by atoms with Gasteiger partial charge in [0.2, 0.25) is 0 Å². The monoisotopic (exact) mass is 488 g/mol. The van der Waals surface area contributed by atoms with Crippen LogP contribution in [-0.4, -0.2) is 33.4 Å². The number of anilines is 1. The molecule has 1 unspecified atom stereocenters. The summed E-state index contributed by atoms with van der Waals surface area (Å²) in [5.74, 6) is 0.743. The Bertz CT molecular complexity index is 1240. The topological polar surface area (TPSA) is 82.8 Å². The average Bonchev–Trinajstić information content (AvgIpc) is 3.45. The number of nitrogens with one attached hydrogen (secondary N) is 1. The quantitative estimate of drug-likeness (QED) is 0.384. The number of rotatable bonds is 6. The first kappa shape index (κ1) is 23.3. The maximum Gasteiger partial charge on any atom is 0.335 e. The summed E-state index contributed by atoms with van der Waals surface area (Å²) >= 11 is 1.52. The smallest absolute Gasteiger partial charge is 0.335 e. The molecule has 6 nitrogen and oxygen atoms in total. The Balaban J connectivity index is 1.40. The van der Waals surface area contributed by atoms with Gasteiger partial charge in [-0.15, -0.1) is 0 Å². The fraction of sp³-hybridized carbons (Fsp3) is 0.286. The van der Waals surface area contributed by atoms with Crippen LogP contribution in [0, 0.1) is 5.92 Å². The van der Waals surface area contributed by atoms with Gasteiger partial charge in [0.25, 0.3) is 5.91 Å². The Labute approximate surface area is 209 Å². The van der Waals surface area contributed by atoms with Crippen molar-refractivity contribution in [3.05, 3.63) is 83.0 Å². The van der Waals surface area contributed by atoms with Crippen molar-refractivity contribution in [3.63, 3.8) is 0 Å². The zero-order chi connectivity index (χ0) is 24.4. The molecule has 7 heteroatoms. The van der Waals surface area contributed by atoms with Crippen LogP contribution in [0.1, 0.15) is 48.7 Å². The number of aromatic carboxylic acids is 1. The molecule has 2 aromatic carbocycles. The number of carboxylic acids is 1. The number of hydrogen-bond acceptors (Lipinski definition) is 5. The molecule has 35 heavy (non-hydrogen) atoms. The highest BCUT2D eigenvalue weighted by molar-refractivity contribution is 8.05. The third kappa shape index (κ3) is 5.00. The summed E-state index contributed by atoms with van der Waals surface area (Å²) in [5, 5.41) is 12.7. The Morgan fingerprint density at radius 3 is 2.51 bits per heavy atom. The van der Waals surface area contributed by atoms with Gasteiger partial charge in [0, 0.05) is 23.4 Å². The van der Waals surface area contributed by atoms with E-state index in [0.717, 1.165) is 30.5 Å². The highest BCUT2D eigenvalue weighted by Gasteiger charge is 2.43. The number of furan rings is 1. The predicted molar refractivity (Wildman–Crippen MR) is 139 cm³/mol. The minimum absolute atomic E-state index is 0.0333. The molecule has 0 radical (unpaired) electrons. The summed E-state index contributed by atoms with van der Waals surface area (Å²) < 4.78 is 6.01. The van der Waals surface area contributed by atoms with E-state index >= 15 is 0 Å². The molecule has 1 aromatic heterocycles. The Hall–Kier alpha value is -3.45. The number of carboxylic acid groups (broad SMARTS) is 1.